The fourth-order valence-electron chi connectivity index (χ4n) is 2.25. The normalized spacial score (nSPS) is 13.8. The second-order valence-corrected chi connectivity index (χ2v) is 5.35. The first-order chi connectivity index (χ1) is 9.85. The molecule has 1 atom stereocenters. The molecule has 2 rings (SSSR count). The summed E-state index contributed by atoms with van der Waals surface area (Å²) in [7, 11) is 1.38. The summed E-state index contributed by atoms with van der Waals surface area (Å²) in [5.41, 5.74) is -0.142. The zero-order valence-electron chi connectivity index (χ0n) is 12.3. The number of ether oxygens (including phenoxy) is 1. The van der Waals surface area contributed by atoms with Crippen LogP contribution in [0.15, 0.2) is 36.4 Å². The number of aliphatic hydroxyl groups is 1. The maximum Gasteiger partial charge on any atom is 0.168 e. The van der Waals surface area contributed by atoms with E-state index in [0.29, 0.717) is 16.7 Å². The Morgan fingerprint density at radius 3 is 2.52 bits per heavy atom. The highest BCUT2D eigenvalue weighted by Gasteiger charge is 2.26. The van der Waals surface area contributed by atoms with Crippen LogP contribution in [0.5, 0.6) is 5.75 Å². The molecule has 0 heterocycles. The third-order valence-corrected chi connectivity index (χ3v) is 3.59. The molecule has 1 N–H and O–H groups in total. The molecule has 2 aromatic carbocycles. The van der Waals surface area contributed by atoms with Crippen LogP contribution in [0, 0.1) is 18.6 Å². The summed E-state index contributed by atoms with van der Waals surface area (Å²) in [6, 6.07) is 9.28. The van der Waals surface area contributed by atoms with Gasteiger partial charge in [-0.15, -0.1) is 0 Å². The summed E-state index contributed by atoms with van der Waals surface area (Å²) >= 11 is 0. The first kappa shape index (κ1) is 15.4. The minimum absolute atomic E-state index is 0.0263. The molecule has 1 unspecified atom stereocenters. The second kappa shape index (κ2) is 5.82. The summed E-state index contributed by atoms with van der Waals surface area (Å²) in [6.07, 6.45) is 0.0263. The van der Waals surface area contributed by atoms with E-state index in [1.807, 2.05) is 0 Å². The van der Waals surface area contributed by atoms with Gasteiger partial charge in [-0.05, 0) is 42.7 Å². The number of rotatable bonds is 4. The van der Waals surface area contributed by atoms with Crippen LogP contribution < -0.4 is 4.74 Å². The smallest absolute Gasteiger partial charge is 0.168 e. The molecular weight excluding hydrogens is 274 g/mol. The molecule has 112 valence electrons. The standard InChI is InChI=1S/C17H18F2O2/c1-11-7-8-13(9-14(11)18)17(2,20)10-12-5-4-6-15(21-3)16(12)19/h4-9,20H,10H2,1-3H3. The van der Waals surface area contributed by atoms with E-state index >= 15 is 0 Å². The number of hydrogen-bond donors (Lipinski definition) is 1. The van der Waals surface area contributed by atoms with E-state index in [4.69, 9.17) is 4.74 Å². The van der Waals surface area contributed by atoms with Crippen LogP contribution in [0.1, 0.15) is 23.6 Å². The fraction of sp³-hybridized carbons (Fsp3) is 0.294. The van der Waals surface area contributed by atoms with Crippen molar-refractivity contribution in [2.75, 3.05) is 7.11 Å². The summed E-state index contributed by atoms with van der Waals surface area (Å²) in [6.45, 7) is 3.19. The highest BCUT2D eigenvalue weighted by molar-refractivity contribution is 5.34. The lowest BCUT2D eigenvalue weighted by Gasteiger charge is -2.25. The summed E-state index contributed by atoms with van der Waals surface area (Å²) in [5.74, 6) is -0.773. The lowest BCUT2D eigenvalue weighted by atomic mass is 9.88. The molecule has 0 aromatic heterocycles. The largest absolute Gasteiger partial charge is 0.494 e. The number of hydrogen-bond acceptors (Lipinski definition) is 2. The Balaban J connectivity index is 2.34. The van der Waals surface area contributed by atoms with Gasteiger partial charge in [0.25, 0.3) is 0 Å². The lowest BCUT2D eigenvalue weighted by molar-refractivity contribution is 0.0562. The van der Waals surface area contributed by atoms with Crippen LogP contribution in [0.25, 0.3) is 0 Å². The summed E-state index contributed by atoms with van der Waals surface area (Å²) in [5, 5.41) is 10.6. The lowest BCUT2D eigenvalue weighted by Crippen LogP contribution is -2.25. The van der Waals surface area contributed by atoms with E-state index in [-0.39, 0.29) is 18.0 Å². The van der Waals surface area contributed by atoms with E-state index in [1.54, 1.807) is 31.2 Å². The molecule has 0 radical (unpaired) electrons. The quantitative estimate of drug-likeness (QED) is 0.930. The summed E-state index contributed by atoms with van der Waals surface area (Å²) < 4.78 is 32.7. The van der Waals surface area contributed by atoms with Crippen LogP contribution in [0.3, 0.4) is 0 Å². The van der Waals surface area contributed by atoms with Crippen LogP contribution in [0.4, 0.5) is 8.78 Å². The first-order valence-electron chi connectivity index (χ1n) is 6.65. The van der Waals surface area contributed by atoms with Crippen LogP contribution in [-0.2, 0) is 12.0 Å². The van der Waals surface area contributed by atoms with Gasteiger partial charge in [0.2, 0.25) is 0 Å². The van der Waals surface area contributed by atoms with Crippen molar-refractivity contribution < 1.29 is 18.6 Å². The average molecular weight is 292 g/mol. The van der Waals surface area contributed by atoms with Gasteiger partial charge in [-0.2, -0.15) is 0 Å². The van der Waals surface area contributed by atoms with Gasteiger partial charge in [-0.25, -0.2) is 8.78 Å². The SMILES string of the molecule is COc1cccc(CC(C)(O)c2ccc(C)c(F)c2)c1F. The minimum atomic E-state index is -1.37. The van der Waals surface area contributed by atoms with Crippen molar-refractivity contribution in [2.45, 2.75) is 25.9 Å². The third-order valence-electron chi connectivity index (χ3n) is 3.59. The Bertz CT molecular complexity index is 651. The average Bonchev–Trinajstić information content (AvgIpc) is 2.44. The molecule has 2 nitrogen and oxygen atoms in total. The molecule has 0 aliphatic carbocycles. The Kier molecular flexibility index (Phi) is 4.28. The topological polar surface area (TPSA) is 29.5 Å². The molecule has 0 saturated heterocycles. The molecule has 0 saturated carbocycles. The maximum atomic E-state index is 14.2. The van der Waals surface area contributed by atoms with Gasteiger partial charge >= 0.3 is 0 Å². The maximum absolute atomic E-state index is 14.2. The van der Waals surface area contributed by atoms with E-state index in [2.05, 4.69) is 0 Å². The molecule has 2 aromatic rings. The van der Waals surface area contributed by atoms with Gasteiger partial charge < -0.3 is 9.84 Å². The van der Waals surface area contributed by atoms with Crippen LogP contribution in [0.2, 0.25) is 0 Å². The van der Waals surface area contributed by atoms with Gasteiger partial charge in [-0.3, -0.25) is 0 Å². The van der Waals surface area contributed by atoms with Crippen molar-refractivity contribution in [1.82, 2.24) is 0 Å². The highest BCUT2D eigenvalue weighted by Crippen LogP contribution is 2.30. The molecule has 0 aliphatic rings. The third kappa shape index (κ3) is 3.22. The molecule has 0 aliphatic heterocycles. The van der Waals surface area contributed by atoms with Gasteiger partial charge in [-0.1, -0.05) is 24.3 Å². The molecule has 21 heavy (non-hydrogen) atoms. The summed E-state index contributed by atoms with van der Waals surface area (Å²) in [4.78, 5) is 0. The number of methoxy groups -OCH3 is 1. The van der Waals surface area contributed by atoms with Gasteiger partial charge in [0.15, 0.2) is 11.6 Å². The van der Waals surface area contributed by atoms with E-state index in [1.165, 1.54) is 26.2 Å². The van der Waals surface area contributed by atoms with E-state index < -0.39 is 11.4 Å². The van der Waals surface area contributed by atoms with E-state index in [0.717, 1.165) is 0 Å². The second-order valence-electron chi connectivity index (χ2n) is 5.35. The van der Waals surface area contributed by atoms with Crippen molar-refractivity contribution in [3.05, 3.63) is 64.7 Å². The zero-order valence-corrected chi connectivity index (χ0v) is 12.3. The Morgan fingerprint density at radius 1 is 1.19 bits per heavy atom. The monoisotopic (exact) mass is 292 g/mol. The Labute approximate surface area is 123 Å². The van der Waals surface area contributed by atoms with Gasteiger partial charge in [0.1, 0.15) is 5.82 Å². The highest BCUT2D eigenvalue weighted by atomic mass is 19.1. The number of benzene rings is 2. The first-order valence-corrected chi connectivity index (χ1v) is 6.65. The molecule has 4 heteroatoms. The minimum Gasteiger partial charge on any atom is -0.494 e. The van der Waals surface area contributed by atoms with Crippen LogP contribution in [-0.4, -0.2) is 12.2 Å². The van der Waals surface area contributed by atoms with Crippen molar-refractivity contribution >= 4 is 0 Å². The Hall–Kier alpha value is -1.94. The van der Waals surface area contributed by atoms with Crippen molar-refractivity contribution in [3.8, 4) is 5.75 Å². The predicted octanol–water partition coefficient (Wildman–Crippen LogP) is 3.73. The van der Waals surface area contributed by atoms with Crippen molar-refractivity contribution in [3.63, 3.8) is 0 Å². The van der Waals surface area contributed by atoms with Crippen molar-refractivity contribution in [2.24, 2.45) is 0 Å². The van der Waals surface area contributed by atoms with Crippen molar-refractivity contribution in [1.29, 1.82) is 0 Å². The molecular formula is C17H18F2O2. The molecule has 0 spiro atoms. The predicted molar refractivity (Wildman–Crippen MR) is 77.4 cm³/mol. The Morgan fingerprint density at radius 2 is 1.90 bits per heavy atom. The fourth-order valence-corrected chi connectivity index (χ4v) is 2.25. The molecule has 0 bridgehead atoms. The van der Waals surface area contributed by atoms with Gasteiger partial charge in [0.05, 0.1) is 12.7 Å². The van der Waals surface area contributed by atoms with Crippen LogP contribution >= 0.6 is 0 Å². The van der Waals surface area contributed by atoms with Gasteiger partial charge in [0, 0.05) is 6.42 Å². The van der Waals surface area contributed by atoms with E-state index in [9.17, 15) is 13.9 Å². The number of halogens is 2. The zero-order chi connectivity index (χ0) is 15.6. The number of aryl methyl sites for hydroxylation is 1. The molecule has 0 amide bonds. The molecule has 0 fully saturated rings.